The largest absolute Gasteiger partial charge is 0.421 e. The number of carbonyl (C=O) groups is 2. The molecular formula is C19H21N3O4. The molecule has 0 radical (unpaired) electrons. The number of para-hydroxylation sites is 1. The summed E-state index contributed by atoms with van der Waals surface area (Å²) in [5, 5.41) is 6.42. The fraction of sp³-hybridized carbons (Fsp3) is 0.421. The summed E-state index contributed by atoms with van der Waals surface area (Å²) < 4.78 is 5.24. The van der Waals surface area contributed by atoms with Gasteiger partial charge in [-0.1, -0.05) is 18.2 Å². The number of hydrogen-bond acceptors (Lipinski definition) is 4. The van der Waals surface area contributed by atoms with E-state index in [1.54, 1.807) is 23.1 Å². The van der Waals surface area contributed by atoms with Crippen molar-refractivity contribution < 1.29 is 14.0 Å². The topological polar surface area (TPSA) is 91.7 Å². The van der Waals surface area contributed by atoms with Crippen molar-refractivity contribution in [2.75, 3.05) is 18.4 Å². The van der Waals surface area contributed by atoms with E-state index in [-0.39, 0.29) is 23.5 Å². The highest BCUT2D eigenvalue weighted by Gasteiger charge is 2.30. The van der Waals surface area contributed by atoms with Gasteiger partial charge in [-0.3, -0.25) is 4.79 Å². The molecule has 4 rings (SSSR count). The van der Waals surface area contributed by atoms with Crippen LogP contribution in [0.15, 0.2) is 39.5 Å². The van der Waals surface area contributed by atoms with E-state index in [2.05, 4.69) is 10.6 Å². The van der Waals surface area contributed by atoms with E-state index in [1.807, 2.05) is 12.1 Å². The molecule has 2 aliphatic rings. The maximum atomic E-state index is 12.5. The van der Waals surface area contributed by atoms with Crippen molar-refractivity contribution in [2.24, 2.45) is 5.92 Å². The maximum Gasteiger partial charge on any atom is 0.360 e. The first-order valence-electron chi connectivity index (χ1n) is 8.99. The van der Waals surface area contributed by atoms with Crippen LogP contribution in [0.5, 0.6) is 0 Å². The highest BCUT2D eigenvalue weighted by molar-refractivity contribution is 5.94. The lowest BCUT2D eigenvalue weighted by molar-refractivity contribution is -0.121. The molecule has 3 amide bonds. The number of nitrogens with zero attached hydrogens (tertiary/aromatic N) is 1. The lowest BCUT2D eigenvalue weighted by Crippen LogP contribution is -2.46. The number of piperidine rings is 1. The number of anilines is 1. The first kappa shape index (κ1) is 16.6. The molecule has 0 atom stereocenters. The van der Waals surface area contributed by atoms with Crippen LogP contribution < -0.4 is 16.3 Å². The highest BCUT2D eigenvalue weighted by Crippen LogP contribution is 2.22. The van der Waals surface area contributed by atoms with E-state index in [0.29, 0.717) is 37.6 Å². The molecule has 7 nitrogen and oxygen atoms in total. The average Bonchev–Trinajstić information content (AvgIpc) is 3.46. The molecule has 0 unspecified atom stereocenters. The van der Waals surface area contributed by atoms with Gasteiger partial charge >= 0.3 is 11.7 Å². The quantitative estimate of drug-likeness (QED) is 0.827. The Labute approximate surface area is 150 Å². The first-order valence-corrected chi connectivity index (χ1v) is 8.99. The van der Waals surface area contributed by atoms with E-state index >= 15 is 0 Å². The Kier molecular flexibility index (Phi) is 4.36. The molecule has 2 aromatic rings. The Balaban J connectivity index is 1.37. The third-order valence-electron chi connectivity index (χ3n) is 4.96. The van der Waals surface area contributed by atoms with Gasteiger partial charge in [0.05, 0.1) is 0 Å². The molecule has 1 saturated carbocycles. The maximum absolute atomic E-state index is 12.5. The van der Waals surface area contributed by atoms with Gasteiger partial charge < -0.3 is 20.0 Å². The Morgan fingerprint density at radius 3 is 2.54 bits per heavy atom. The molecule has 7 heteroatoms. The summed E-state index contributed by atoms with van der Waals surface area (Å²) in [6, 6.07) is 9.09. The highest BCUT2D eigenvalue weighted by atomic mass is 16.4. The van der Waals surface area contributed by atoms with Gasteiger partial charge in [-0.25, -0.2) is 9.59 Å². The van der Waals surface area contributed by atoms with Gasteiger partial charge in [0.15, 0.2) is 0 Å². The molecular weight excluding hydrogens is 334 g/mol. The smallest absolute Gasteiger partial charge is 0.360 e. The summed E-state index contributed by atoms with van der Waals surface area (Å²) in [5.74, 6) is -0.416. The van der Waals surface area contributed by atoms with Crippen molar-refractivity contribution >= 4 is 28.6 Å². The summed E-state index contributed by atoms with van der Waals surface area (Å²) in [6.45, 7) is 1.09. The van der Waals surface area contributed by atoms with E-state index in [0.717, 1.165) is 18.2 Å². The molecule has 2 N–H and O–H groups in total. The van der Waals surface area contributed by atoms with E-state index in [4.69, 9.17) is 4.42 Å². The lowest BCUT2D eigenvalue weighted by atomic mass is 9.96. The first-order chi connectivity index (χ1) is 12.6. The SMILES string of the molecule is O=C(Nc1cc2ccccc2oc1=O)C1CCN(C(=O)NC2CC2)CC1. The molecule has 26 heavy (non-hydrogen) atoms. The molecule has 2 fully saturated rings. The molecule has 1 aliphatic carbocycles. The second kappa shape index (κ2) is 6.82. The summed E-state index contributed by atoms with van der Waals surface area (Å²) in [6.07, 6.45) is 3.28. The number of nitrogens with one attached hydrogen (secondary N) is 2. The Hall–Kier alpha value is -2.83. The molecule has 0 bridgehead atoms. The van der Waals surface area contributed by atoms with Gasteiger partial charge in [0.25, 0.3) is 0 Å². The number of rotatable bonds is 3. The molecule has 2 heterocycles. The number of urea groups is 1. The number of hydrogen-bond donors (Lipinski definition) is 2. The zero-order valence-corrected chi connectivity index (χ0v) is 14.4. The molecule has 136 valence electrons. The van der Waals surface area contributed by atoms with Crippen molar-refractivity contribution in [3.63, 3.8) is 0 Å². The van der Waals surface area contributed by atoms with E-state index < -0.39 is 5.63 Å². The fourth-order valence-electron chi connectivity index (χ4n) is 3.22. The third kappa shape index (κ3) is 3.56. The third-order valence-corrected chi connectivity index (χ3v) is 4.96. The van der Waals surface area contributed by atoms with Crippen molar-refractivity contribution in [3.05, 3.63) is 40.8 Å². The van der Waals surface area contributed by atoms with Gasteiger partial charge in [-0.05, 0) is 37.8 Å². The minimum atomic E-state index is -0.557. The van der Waals surface area contributed by atoms with Crippen LogP contribution in [0.4, 0.5) is 10.5 Å². The zero-order chi connectivity index (χ0) is 18.1. The van der Waals surface area contributed by atoms with Crippen LogP contribution >= 0.6 is 0 Å². The molecule has 1 aromatic carbocycles. The number of fused-ring (bicyclic) bond motifs is 1. The molecule has 1 saturated heterocycles. The van der Waals surface area contributed by atoms with Gasteiger partial charge in [-0.15, -0.1) is 0 Å². The second-order valence-electron chi connectivity index (χ2n) is 6.96. The van der Waals surface area contributed by atoms with Crippen LogP contribution in [0.2, 0.25) is 0 Å². The summed E-state index contributed by atoms with van der Waals surface area (Å²) in [7, 11) is 0. The van der Waals surface area contributed by atoms with Gasteiger partial charge in [-0.2, -0.15) is 0 Å². The standard InChI is InChI=1S/C19H21N3O4/c23-17(12-7-9-22(10-8-12)19(25)20-14-5-6-14)21-15-11-13-3-1-2-4-16(13)26-18(15)24/h1-4,11-12,14H,5-10H2,(H,20,25)(H,21,23). The van der Waals surface area contributed by atoms with Crippen molar-refractivity contribution in [2.45, 2.75) is 31.7 Å². The van der Waals surface area contributed by atoms with E-state index in [1.165, 1.54) is 0 Å². The predicted molar refractivity (Wildman–Crippen MR) is 97.0 cm³/mol. The van der Waals surface area contributed by atoms with Crippen LogP contribution in [0.1, 0.15) is 25.7 Å². The summed E-state index contributed by atoms with van der Waals surface area (Å²) in [5.41, 5.74) is 0.0892. The summed E-state index contributed by atoms with van der Waals surface area (Å²) in [4.78, 5) is 38.4. The summed E-state index contributed by atoms with van der Waals surface area (Å²) >= 11 is 0. The number of amides is 3. The second-order valence-corrected chi connectivity index (χ2v) is 6.96. The van der Waals surface area contributed by atoms with Gasteiger partial charge in [0.1, 0.15) is 11.3 Å². The minimum absolute atomic E-state index is 0.0402. The molecule has 1 aromatic heterocycles. The normalized spacial score (nSPS) is 17.9. The number of carbonyl (C=O) groups excluding carboxylic acids is 2. The van der Waals surface area contributed by atoms with Crippen LogP contribution in [0.3, 0.4) is 0 Å². The number of likely N-dealkylation sites (tertiary alicyclic amines) is 1. The average molecular weight is 355 g/mol. The predicted octanol–water partition coefficient (Wildman–Crippen LogP) is 2.32. The Bertz CT molecular complexity index is 895. The van der Waals surface area contributed by atoms with Crippen LogP contribution in [0.25, 0.3) is 11.0 Å². The van der Waals surface area contributed by atoms with Crippen LogP contribution in [-0.2, 0) is 4.79 Å². The Morgan fingerprint density at radius 1 is 1.08 bits per heavy atom. The number of benzene rings is 1. The monoisotopic (exact) mass is 355 g/mol. The van der Waals surface area contributed by atoms with E-state index in [9.17, 15) is 14.4 Å². The Morgan fingerprint density at radius 2 is 1.81 bits per heavy atom. The minimum Gasteiger partial charge on any atom is -0.421 e. The molecule has 1 aliphatic heterocycles. The van der Waals surface area contributed by atoms with Gasteiger partial charge in [0.2, 0.25) is 5.91 Å². The van der Waals surface area contributed by atoms with Crippen LogP contribution in [-0.4, -0.2) is 36.0 Å². The van der Waals surface area contributed by atoms with Crippen molar-refractivity contribution in [3.8, 4) is 0 Å². The zero-order valence-electron chi connectivity index (χ0n) is 14.4. The lowest BCUT2D eigenvalue weighted by Gasteiger charge is -2.31. The molecule has 0 spiro atoms. The van der Waals surface area contributed by atoms with Crippen molar-refractivity contribution in [1.82, 2.24) is 10.2 Å². The van der Waals surface area contributed by atoms with Crippen molar-refractivity contribution in [1.29, 1.82) is 0 Å². The fourth-order valence-corrected chi connectivity index (χ4v) is 3.22. The van der Waals surface area contributed by atoms with Crippen LogP contribution in [0, 0.1) is 5.92 Å². The van der Waals surface area contributed by atoms with Gasteiger partial charge in [0, 0.05) is 30.4 Å².